The molecule has 1 aromatic heterocycles. The van der Waals surface area contributed by atoms with E-state index in [9.17, 15) is 0 Å². The molecule has 0 radical (unpaired) electrons. The highest BCUT2D eigenvalue weighted by atomic mass is 127. The van der Waals surface area contributed by atoms with Crippen LogP contribution in [-0.4, -0.2) is 0 Å². The zero-order valence-corrected chi connectivity index (χ0v) is 9.09. The molecule has 0 amide bonds. The molecule has 0 saturated heterocycles. The van der Waals surface area contributed by atoms with Gasteiger partial charge in [0.15, 0.2) is 5.58 Å². The quantitative estimate of drug-likeness (QED) is 0.571. The zero-order valence-electron chi connectivity index (χ0n) is 6.18. The highest BCUT2D eigenvalue weighted by Gasteiger charge is 2.04. The number of furan rings is 1. The summed E-state index contributed by atoms with van der Waals surface area (Å²) in [6.45, 7) is 0. The van der Waals surface area contributed by atoms with E-state index < -0.39 is 0 Å². The fraction of sp³-hybridized carbons (Fsp3) is 0.111. The van der Waals surface area contributed by atoms with Gasteiger partial charge in [-0.2, -0.15) is 0 Å². The molecule has 3 heteroatoms. The first-order valence-corrected chi connectivity index (χ1v) is 5.44. The maximum atomic E-state index is 5.93. The van der Waals surface area contributed by atoms with E-state index in [1.54, 1.807) is 0 Å². The van der Waals surface area contributed by atoms with Crippen LogP contribution in [-0.2, 0) is 4.43 Å². The first-order valence-electron chi connectivity index (χ1n) is 3.54. The minimum atomic E-state index is 0.684. The SMILES string of the molecule is Clc1cccc2cc(CI)oc12. The Morgan fingerprint density at radius 3 is 2.92 bits per heavy atom. The number of fused-ring (bicyclic) bond motifs is 1. The van der Waals surface area contributed by atoms with Crippen LogP contribution in [0.5, 0.6) is 0 Å². The minimum Gasteiger partial charge on any atom is -0.459 e. The summed E-state index contributed by atoms with van der Waals surface area (Å²) >= 11 is 8.19. The summed E-state index contributed by atoms with van der Waals surface area (Å²) in [6, 6.07) is 7.79. The largest absolute Gasteiger partial charge is 0.459 e. The van der Waals surface area contributed by atoms with Crippen LogP contribution < -0.4 is 0 Å². The van der Waals surface area contributed by atoms with E-state index >= 15 is 0 Å². The Morgan fingerprint density at radius 2 is 2.25 bits per heavy atom. The van der Waals surface area contributed by atoms with Crippen molar-refractivity contribution in [2.75, 3.05) is 0 Å². The van der Waals surface area contributed by atoms with Crippen molar-refractivity contribution in [3.63, 3.8) is 0 Å². The van der Waals surface area contributed by atoms with Crippen molar-refractivity contribution in [1.29, 1.82) is 0 Å². The summed E-state index contributed by atoms with van der Waals surface area (Å²) in [7, 11) is 0. The lowest BCUT2D eigenvalue weighted by Crippen LogP contribution is -1.64. The molecule has 2 aromatic rings. The number of halogens is 2. The molecular formula is C9H6ClIO. The van der Waals surface area contributed by atoms with Crippen molar-refractivity contribution in [3.8, 4) is 0 Å². The highest BCUT2D eigenvalue weighted by Crippen LogP contribution is 2.27. The Kier molecular flexibility index (Phi) is 2.28. The topological polar surface area (TPSA) is 13.1 Å². The maximum Gasteiger partial charge on any atom is 0.152 e. The van der Waals surface area contributed by atoms with Crippen LogP contribution in [0.4, 0.5) is 0 Å². The second-order valence-corrected chi connectivity index (χ2v) is 3.67. The molecule has 0 fully saturated rings. The van der Waals surface area contributed by atoms with Crippen LogP contribution in [0.25, 0.3) is 11.0 Å². The van der Waals surface area contributed by atoms with E-state index in [4.69, 9.17) is 16.0 Å². The first kappa shape index (κ1) is 8.38. The Hall–Kier alpha value is -0.220. The zero-order chi connectivity index (χ0) is 8.55. The van der Waals surface area contributed by atoms with Gasteiger partial charge < -0.3 is 4.42 Å². The van der Waals surface area contributed by atoms with Gasteiger partial charge in [-0.15, -0.1) is 0 Å². The predicted molar refractivity (Wildman–Crippen MR) is 58.9 cm³/mol. The van der Waals surface area contributed by atoms with Crippen molar-refractivity contribution in [3.05, 3.63) is 35.0 Å². The molecule has 0 N–H and O–H groups in total. The molecular weight excluding hydrogens is 286 g/mol. The van der Waals surface area contributed by atoms with E-state index in [0.717, 1.165) is 21.2 Å². The second kappa shape index (κ2) is 3.26. The molecule has 0 unspecified atom stereocenters. The predicted octanol–water partition coefficient (Wildman–Crippen LogP) is 4.02. The monoisotopic (exact) mass is 292 g/mol. The first-order chi connectivity index (χ1) is 5.81. The maximum absolute atomic E-state index is 5.93. The van der Waals surface area contributed by atoms with Crippen molar-refractivity contribution in [2.24, 2.45) is 0 Å². The van der Waals surface area contributed by atoms with Crippen molar-refractivity contribution >= 4 is 45.2 Å². The minimum absolute atomic E-state index is 0.684. The molecule has 1 heterocycles. The Morgan fingerprint density at radius 1 is 1.42 bits per heavy atom. The van der Waals surface area contributed by atoms with Gasteiger partial charge in [0.2, 0.25) is 0 Å². The van der Waals surface area contributed by atoms with Crippen LogP contribution in [0.15, 0.2) is 28.7 Å². The smallest absolute Gasteiger partial charge is 0.152 e. The van der Waals surface area contributed by atoms with Gasteiger partial charge in [0.25, 0.3) is 0 Å². The molecule has 0 spiro atoms. The third-order valence-corrected chi connectivity index (χ3v) is 2.73. The standard InChI is InChI=1S/C9H6ClIO/c10-8-3-1-2-6-4-7(5-11)12-9(6)8/h1-4H,5H2. The van der Waals surface area contributed by atoms with Gasteiger partial charge in [-0.05, 0) is 12.1 Å². The molecule has 62 valence electrons. The van der Waals surface area contributed by atoms with E-state index in [2.05, 4.69) is 22.6 Å². The van der Waals surface area contributed by atoms with Crippen LogP contribution in [0.3, 0.4) is 0 Å². The molecule has 0 aliphatic rings. The van der Waals surface area contributed by atoms with Gasteiger partial charge in [0, 0.05) is 5.39 Å². The fourth-order valence-corrected chi connectivity index (χ4v) is 1.74. The van der Waals surface area contributed by atoms with E-state index in [-0.39, 0.29) is 0 Å². The molecule has 12 heavy (non-hydrogen) atoms. The molecule has 0 aliphatic heterocycles. The van der Waals surface area contributed by atoms with Crippen LogP contribution in [0.2, 0.25) is 5.02 Å². The van der Waals surface area contributed by atoms with Gasteiger partial charge in [-0.25, -0.2) is 0 Å². The number of alkyl halides is 1. The summed E-state index contributed by atoms with van der Waals surface area (Å²) in [5.41, 5.74) is 0.797. The second-order valence-electron chi connectivity index (χ2n) is 2.50. The summed E-state index contributed by atoms with van der Waals surface area (Å²) < 4.78 is 6.39. The summed E-state index contributed by atoms with van der Waals surface area (Å²) in [6.07, 6.45) is 0. The molecule has 1 aromatic carbocycles. The molecule has 0 bridgehead atoms. The average Bonchev–Trinajstić information content (AvgIpc) is 2.49. The van der Waals surface area contributed by atoms with Crippen LogP contribution in [0, 0.1) is 0 Å². The van der Waals surface area contributed by atoms with Gasteiger partial charge in [0.1, 0.15) is 5.76 Å². The van der Waals surface area contributed by atoms with Crippen molar-refractivity contribution < 1.29 is 4.42 Å². The third kappa shape index (κ3) is 1.33. The third-order valence-electron chi connectivity index (χ3n) is 1.68. The number of hydrogen-bond donors (Lipinski definition) is 0. The van der Waals surface area contributed by atoms with Crippen molar-refractivity contribution in [1.82, 2.24) is 0 Å². The molecule has 0 saturated carbocycles. The molecule has 2 rings (SSSR count). The van der Waals surface area contributed by atoms with Gasteiger partial charge in [-0.3, -0.25) is 0 Å². The lowest BCUT2D eigenvalue weighted by atomic mass is 10.2. The summed E-state index contributed by atoms with van der Waals surface area (Å²) in [4.78, 5) is 0. The Labute approximate surface area is 88.8 Å². The molecule has 0 atom stereocenters. The molecule has 1 nitrogen and oxygen atoms in total. The summed E-state index contributed by atoms with van der Waals surface area (Å²) in [5, 5.41) is 1.76. The van der Waals surface area contributed by atoms with Gasteiger partial charge in [-0.1, -0.05) is 46.3 Å². The summed E-state index contributed by atoms with van der Waals surface area (Å²) in [5.74, 6) is 0.971. The molecule has 0 aliphatic carbocycles. The number of para-hydroxylation sites is 1. The number of hydrogen-bond acceptors (Lipinski definition) is 1. The van der Waals surface area contributed by atoms with E-state index in [0.29, 0.717) is 5.02 Å². The van der Waals surface area contributed by atoms with Crippen molar-refractivity contribution in [2.45, 2.75) is 4.43 Å². The number of rotatable bonds is 1. The van der Waals surface area contributed by atoms with E-state index in [1.165, 1.54) is 0 Å². The van der Waals surface area contributed by atoms with Crippen LogP contribution >= 0.6 is 34.2 Å². The Bertz CT molecular complexity index is 408. The van der Waals surface area contributed by atoms with Crippen LogP contribution in [0.1, 0.15) is 5.76 Å². The van der Waals surface area contributed by atoms with Gasteiger partial charge >= 0.3 is 0 Å². The lowest BCUT2D eigenvalue weighted by Gasteiger charge is -1.89. The van der Waals surface area contributed by atoms with E-state index in [1.807, 2.05) is 24.3 Å². The normalized spacial score (nSPS) is 10.8. The van der Waals surface area contributed by atoms with Gasteiger partial charge in [0.05, 0.1) is 9.45 Å². The Balaban J connectivity index is 2.74. The average molecular weight is 293 g/mol. The lowest BCUT2D eigenvalue weighted by molar-refractivity contribution is 0.577. The number of benzene rings is 1. The highest BCUT2D eigenvalue weighted by molar-refractivity contribution is 14.1. The fourth-order valence-electron chi connectivity index (χ4n) is 1.15.